The van der Waals surface area contributed by atoms with Crippen molar-refractivity contribution < 1.29 is 19.1 Å². The number of esters is 1. The third-order valence-corrected chi connectivity index (χ3v) is 6.73. The number of hydrogen-bond acceptors (Lipinski definition) is 6. The predicted octanol–water partition coefficient (Wildman–Crippen LogP) is 6.39. The number of anilines is 1. The number of nitrogens with zero attached hydrogens (tertiary/aromatic N) is 1. The minimum Gasteiger partial charge on any atom is -0.493 e. The molecular formula is C25H18BrNO4S2. The SMILES string of the molecule is COc1cc(C=C2SC(=S)N(c3ccccc3)C2=O)cc(Br)c1OC(=O)c1ccc(C)cc1. The van der Waals surface area contributed by atoms with E-state index in [1.165, 1.54) is 23.8 Å². The highest BCUT2D eigenvalue weighted by Gasteiger charge is 2.33. The summed E-state index contributed by atoms with van der Waals surface area (Å²) in [6.07, 6.45) is 1.74. The van der Waals surface area contributed by atoms with E-state index in [4.69, 9.17) is 21.7 Å². The van der Waals surface area contributed by atoms with Gasteiger partial charge in [-0.2, -0.15) is 0 Å². The smallest absolute Gasteiger partial charge is 0.343 e. The average Bonchev–Trinajstić information content (AvgIpc) is 3.08. The Kier molecular flexibility index (Phi) is 6.97. The fourth-order valence-electron chi connectivity index (χ4n) is 3.18. The molecule has 0 spiro atoms. The third kappa shape index (κ3) is 5.03. The van der Waals surface area contributed by atoms with Crippen LogP contribution in [0.2, 0.25) is 0 Å². The Labute approximate surface area is 209 Å². The van der Waals surface area contributed by atoms with Crippen LogP contribution < -0.4 is 14.4 Å². The molecule has 3 aromatic carbocycles. The van der Waals surface area contributed by atoms with Gasteiger partial charge in [-0.1, -0.05) is 59.9 Å². The number of thioether (sulfide) groups is 1. The Bertz CT molecular complexity index is 1270. The van der Waals surface area contributed by atoms with Gasteiger partial charge >= 0.3 is 5.97 Å². The molecule has 33 heavy (non-hydrogen) atoms. The zero-order valence-electron chi connectivity index (χ0n) is 17.7. The molecule has 1 fully saturated rings. The standard InChI is InChI=1S/C25H18BrNO4S2/c1-15-8-10-17(11-9-15)24(29)31-22-19(26)12-16(13-20(22)30-2)14-21-23(28)27(25(32)33-21)18-6-4-3-5-7-18/h3-14H,1-2H3. The topological polar surface area (TPSA) is 55.8 Å². The molecule has 0 aliphatic carbocycles. The highest BCUT2D eigenvalue weighted by molar-refractivity contribution is 9.10. The van der Waals surface area contributed by atoms with Crippen LogP contribution >= 0.6 is 39.9 Å². The van der Waals surface area contributed by atoms with Crippen molar-refractivity contribution >= 4 is 67.9 Å². The van der Waals surface area contributed by atoms with Gasteiger partial charge in [0.1, 0.15) is 0 Å². The lowest BCUT2D eigenvalue weighted by atomic mass is 10.1. The van der Waals surface area contributed by atoms with E-state index in [1.54, 1.807) is 30.3 Å². The number of aryl methyl sites for hydroxylation is 1. The fraction of sp³-hybridized carbons (Fsp3) is 0.0800. The number of hydrogen-bond donors (Lipinski definition) is 0. The highest BCUT2D eigenvalue weighted by Crippen LogP contribution is 2.40. The number of benzene rings is 3. The summed E-state index contributed by atoms with van der Waals surface area (Å²) in [7, 11) is 1.49. The Morgan fingerprint density at radius 3 is 2.45 bits per heavy atom. The number of rotatable bonds is 5. The first-order valence-electron chi connectivity index (χ1n) is 9.87. The maximum absolute atomic E-state index is 13.0. The van der Waals surface area contributed by atoms with Gasteiger partial charge in [-0.15, -0.1) is 0 Å². The summed E-state index contributed by atoms with van der Waals surface area (Å²) in [5, 5.41) is 0. The van der Waals surface area contributed by atoms with Crippen molar-refractivity contribution in [3.8, 4) is 11.5 Å². The molecule has 1 aliphatic heterocycles. The van der Waals surface area contributed by atoms with Crippen molar-refractivity contribution in [2.24, 2.45) is 0 Å². The Balaban J connectivity index is 1.61. The fourth-order valence-corrected chi connectivity index (χ4v) is 5.02. The zero-order chi connectivity index (χ0) is 23.5. The molecule has 0 radical (unpaired) electrons. The van der Waals surface area contributed by atoms with Gasteiger partial charge in [0.15, 0.2) is 15.8 Å². The van der Waals surface area contributed by atoms with Crippen molar-refractivity contribution in [1.29, 1.82) is 0 Å². The van der Waals surface area contributed by atoms with E-state index in [0.717, 1.165) is 11.3 Å². The largest absolute Gasteiger partial charge is 0.493 e. The number of carbonyl (C=O) groups excluding carboxylic acids is 2. The summed E-state index contributed by atoms with van der Waals surface area (Å²) >= 11 is 10.1. The van der Waals surface area contributed by atoms with E-state index >= 15 is 0 Å². The molecule has 1 aliphatic rings. The van der Waals surface area contributed by atoms with E-state index < -0.39 is 5.97 Å². The van der Waals surface area contributed by atoms with E-state index in [9.17, 15) is 9.59 Å². The number of methoxy groups -OCH3 is 1. The second-order valence-corrected chi connectivity index (χ2v) is 9.67. The quantitative estimate of drug-likeness (QED) is 0.162. The molecule has 0 atom stereocenters. The first-order chi connectivity index (χ1) is 15.9. The van der Waals surface area contributed by atoms with Gasteiger partial charge in [-0.05, 0) is 70.9 Å². The maximum Gasteiger partial charge on any atom is 0.343 e. The molecule has 0 N–H and O–H groups in total. The van der Waals surface area contributed by atoms with Crippen LogP contribution in [-0.2, 0) is 4.79 Å². The Morgan fingerprint density at radius 1 is 1.09 bits per heavy atom. The van der Waals surface area contributed by atoms with Crippen LogP contribution in [0.3, 0.4) is 0 Å². The second-order valence-electron chi connectivity index (χ2n) is 7.14. The molecule has 0 unspecified atom stereocenters. The predicted molar refractivity (Wildman–Crippen MR) is 139 cm³/mol. The van der Waals surface area contributed by atoms with Crippen LogP contribution in [0.1, 0.15) is 21.5 Å². The first-order valence-corrected chi connectivity index (χ1v) is 11.9. The van der Waals surface area contributed by atoms with E-state index in [1.807, 2.05) is 49.4 Å². The molecule has 3 aromatic rings. The molecule has 4 rings (SSSR count). The molecule has 0 saturated carbocycles. The molecule has 1 saturated heterocycles. The van der Waals surface area contributed by atoms with Crippen molar-refractivity contribution in [3.05, 3.63) is 92.8 Å². The monoisotopic (exact) mass is 539 g/mol. The van der Waals surface area contributed by atoms with Crippen LogP contribution in [-0.4, -0.2) is 23.3 Å². The molecule has 8 heteroatoms. The van der Waals surface area contributed by atoms with Gasteiger partial charge < -0.3 is 9.47 Å². The molecule has 1 heterocycles. The van der Waals surface area contributed by atoms with E-state index in [2.05, 4.69) is 15.9 Å². The lowest BCUT2D eigenvalue weighted by Crippen LogP contribution is -2.27. The minimum atomic E-state index is -0.495. The number of ether oxygens (including phenoxy) is 2. The van der Waals surface area contributed by atoms with Gasteiger partial charge in [-0.3, -0.25) is 9.69 Å². The van der Waals surface area contributed by atoms with Crippen molar-refractivity contribution in [2.45, 2.75) is 6.92 Å². The van der Waals surface area contributed by atoms with Crippen molar-refractivity contribution in [1.82, 2.24) is 0 Å². The summed E-state index contributed by atoms with van der Waals surface area (Å²) in [6, 6.07) is 19.8. The van der Waals surface area contributed by atoms with Crippen molar-refractivity contribution in [3.63, 3.8) is 0 Å². The lowest BCUT2D eigenvalue weighted by molar-refractivity contribution is -0.113. The maximum atomic E-state index is 13.0. The van der Waals surface area contributed by atoms with E-state index in [-0.39, 0.29) is 11.7 Å². The van der Waals surface area contributed by atoms with Crippen LogP contribution in [0.4, 0.5) is 5.69 Å². The Morgan fingerprint density at radius 2 is 1.79 bits per heavy atom. The molecule has 1 amide bonds. The summed E-state index contributed by atoms with van der Waals surface area (Å²) in [5.41, 5.74) is 2.90. The van der Waals surface area contributed by atoms with Crippen molar-refractivity contribution in [2.75, 3.05) is 12.0 Å². The molecule has 5 nitrogen and oxygen atoms in total. The number of amides is 1. The Hall–Kier alpha value is -2.94. The molecule has 0 aromatic heterocycles. The number of para-hydroxylation sites is 1. The van der Waals surface area contributed by atoms with Gasteiger partial charge in [0.25, 0.3) is 5.91 Å². The highest BCUT2D eigenvalue weighted by atomic mass is 79.9. The van der Waals surface area contributed by atoms with Gasteiger partial charge in [0.05, 0.1) is 27.7 Å². The van der Waals surface area contributed by atoms with Gasteiger partial charge in [0.2, 0.25) is 0 Å². The summed E-state index contributed by atoms with van der Waals surface area (Å²) < 4.78 is 12.0. The van der Waals surface area contributed by atoms with Crippen LogP contribution in [0.15, 0.2) is 76.1 Å². The summed E-state index contributed by atoms with van der Waals surface area (Å²) in [5.74, 6) is -0.0710. The summed E-state index contributed by atoms with van der Waals surface area (Å²) in [6.45, 7) is 1.95. The number of carbonyl (C=O) groups is 2. The zero-order valence-corrected chi connectivity index (χ0v) is 20.9. The van der Waals surface area contributed by atoms with Crippen LogP contribution in [0.25, 0.3) is 6.08 Å². The average molecular weight is 540 g/mol. The van der Waals surface area contributed by atoms with Crippen LogP contribution in [0.5, 0.6) is 11.5 Å². The second kappa shape index (κ2) is 9.91. The van der Waals surface area contributed by atoms with Crippen LogP contribution in [0, 0.1) is 6.92 Å². The molecule has 0 bridgehead atoms. The van der Waals surface area contributed by atoms with Gasteiger partial charge in [0, 0.05) is 0 Å². The first kappa shape index (κ1) is 23.2. The third-order valence-electron chi connectivity index (χ3n) is 4.84. The minimum absolute atomic E-state index is 0.193. The molecule has 166 valence electrons. The number of thiocarbonyl (C=S) groups is 1. The lowest BCUT2D eigenvalue weighted by Gasteiger charge is -2.14. The van der Waals surface area contributed by atoms with Gasteiger partial charge in [-0.25, -0.2) is 4.79 Å². The number of halogens is 1. The normalized spacial score (nSPS) is 14.6. The molecular weight excluding hydrogens is 522 g/mol. The van der Waals surface area contributed by atoms with E-state index in [0.29, 0.717) is 30.6 Å². The summed E-state index contributed by atoms with van der Waals surface area (Å²) in [4.78, 5) is 27.6.